The Labute approximate surface area is 155 Å². The molecule has 0 bridgehead atoms. The fourth-order valence-corrected chi connectivity index (χ4v) is 5.20. The van der Waals surface area contributed by atoms with E-state index >= 15 is 0 Å². The first kappa shape index (κ1) is 18.8. The third kappa shape index (κ3) is 4.42. The van der Waals surface area contributed by atoms with Crippen molar-refractivity contribution >= 4 is 17.2 Å². The maximum Gasteiger partial charge on any atom is 0.236 e. The maximum atomic E-state index is 12.3. The molecule has 1 atom stereocenters. The average Bonchev–Trinajstić information content (AvgIpc) is 3.17. The summed E-state index contributed by atoms with van der Waals surface area (Å²) >= 11 is 1.84. The van der Waals surface area contributed by atoms with E-state index < -0.39 is 0 Å². The highest BCUT2D eigenvalue weighted by Gasteiger charge is 2.48. The Hall–Kier alpha value is -0.950. The summed E-state index contributed by atoms with van der Waals surface area (Å²) in [6.07, 6.45) is 2.20. The van der Waals surface area contributed by atoms with Crippen LogP contribution in [0.5, 0.6) is 0 Å². The molecular weight excluding hydrogens is 334 g/mol. The molecule has 1 unspecified atom stereocenters. The van der Waals surface area contributed by atoms with Gasteiger partial charge in [-0.1, -0.05) is 6.07 Å². The molecule has 3 rings (SSSR count). The van der Waals surface area contributed by atoms with Crippen LogP contribution in [0.2, 0.25) is 0 Å². The van der Waals surface area contributed by atoms with Crippen molar-refractivity contribution in [2.75, 3.05) is 60.5 Å². The topological polar surface area (TPSA) is 36.0 Å². The van der Waals surface area contributed by atoms with Crippen molar-refractivity contribution in [2.45, 2.75) is 19.4 Å². The molecule has 2 aliphatic rings. The molecule has 0 radical (unpaired) electrons. The fraction of sp³-hybridized carbons (Fsp3) is 0.737. The lowest BCUT2D eigenvalue weighted by atomic mass is 9.71. The summed E-state index contributed by atoms with van der Waals surface area (Å²) in [4.78, 5) is 20.4. The Kier molecular flexibility index (Phi) is 6.15. The molecule has 140 valence electrons. The maximum absolute atomic E-state index is 12.3. The Morgan fingerprint density at radius 1 is 1.40 bits per heavy atom. The number of nitrogens with zero attached hydrogens (tertiary/aromatic N) is 3. The van der Waals surface area contributed by atoms with Crippen LogP contribution in [0.25, 0.3) is 0 Å². The average molecular weight is 366 g/mol. The normalized spacial score (nSPS) is 23.7. The van der Waals surface area contributed by atoms with E-state index in [0.29, 0.717) is 17.9 Å². The highest BCUT2D eigenvalue weighted by molar-refractivity contribution is 7.09. The number of piperidine rings is 1. The number of likely N-dealkylation sites (N-methyl/N-ethyl adjacent to an activating group) is 1. The number of carbonyl (C=O) groups is 1. The zero-order valence-electron chi connectivity index (χ0n) is 15.7. The SMILES string of the molecule is COCC1CN(Cc2cccs2)CC12CCN(C(=O)CN(C)C)CC2. The van der Waals surface area contributed by atoms with Gasteiger partial charge in [0, 0.05) is 50.6 Å². The molecule has 2 fully saturated rings. The summed E-state index contributed by atoms with van der Waals surface area (Å²) in [6.45, 7) is 6.40. The van der Waals surface area contributed by atoms with E-state index in [2.05, 4.69) is 27.3 Å². The predicted molar refractivity (Wildman–Crippen MR) is 102 cm³/mol. The number of hydrogen-bond acceptors (Lipinski definition) is 5. The van der Waals surface area contributed by atoms with Gasteiger partial charge in [0.05, 0.1) is 13.2 Å². The predicted octanol–water partition coefficient (Wildman–Crippen LogP) is 2.00. The molecule has 6 heteroatoms. The van der Waals surface area contributed by atoms with Gasteiger partial charge in [0.1, 0.15) is 0 Å². The van der Waals surface area contributed by atoms with Crippen LogP contribution >= 0.6 is 11.3 Å². The van der Waals surface area contributed by atoms with Crippen molar-refractivity contribution in [1.82, 2.24) is 14.7 Å². The molecule has 2 saturated heterocycles. The Balaban J connectivity index is 1.62. The number of amides is 1. The van der Waals surface area contributed by atoms with E-state index in [-0.39, 0.29) is 5.91 Å². The summed E-state index contributed by atoms with van der Waals surface area (Å²) in [5.74, 6) is 0.833. The minimum absolute atomic E-state index is 0.261. The van der Waals surface area contributed by atoms with Crippen molar-refractivity contribution in [3.05, 3.63) is 22.4 Å². The molecule has 0 aromatic carbocycles. The summed E-state index contributed by atoms with van der Waals surface area (Å²) in [6, 6.07) is 4.36. The molecule has 1 aromatic heterocycles. The summed E-state index contributed by atoms with van der Waals surface area (Å²) < 4.78 is 5.55. The quantitative estimate of drug-likeness (QED) is 0.773. The van der Waals surface area contributed by atoms with Crippen LogP contribution in [0.4, 0.5) is 0 Å². The van der Waals surface area contributed by atoms with Crippen LogP contribution in [-0.2, 0) is 16.1 Å². The highest BCUT2D eigenvalue weighted by atomic mass is 32.1. The van der Waals surface area contributed by atoms with E-state index in [1.54, 1.807) is 0 Å². The van der Waals surface area contributed by atoms with Crippen molar-refractivity contribution < 1.29 is 9.53 Å². The van der Waals surface area contributed by atoms with Gasteiger partial charge in [-0.2, -0.15) is 0 Å². The Morgan fingerprint density at radius 3 is 2.76 bits per heavy atom. The third-order valence-corrected chi connectivity index (χ3v) is 6.64. The molecule has 0 N–H and O–H groups in total. The van der Waals surface area contributed by atoms with Crippen molar-refractivity contribution in [2.24, 2.45) is 11.3 Å². The van der Waals surface area contributed by atoms with Gasteiger partial charge < -0.3 is 14.5 Å². The van der Waals surface area contributed by atoms with Crippen molar-refractivity contribution in [3.8, 4) is 0 Å². The van der Waals surface area contributed by atoms with Crippen molar-refractivity contribution in [1.29, 1.82) is 0 Å². The van der Waals surface area contributed by atoms with Gasteiger partial charge in [-0.15, -0.1) is 11.3 Å². The largest absolute Gasteiger partial charge is 0.384 e. The lowest BCUT2D eigenvalue weighted by molar-refractivity contribution is -0.134. The first-order chi connectivity index (χ1) is 12.0. The zero-order chi connectivity index (χ0) is 17.9. The number of likely N-dealkylation sites (tertiary alicyclic amines) is 2. The van der Waals surface area contributed by atoms with Crippen LogP contribution in [-0.4, -0.2) is 81.1 Å². The molecule has 1 amide bonds. The second-order valence-electron chi connectivity index (χ2n) is 7.88. The molecule has 1 aromatic rings. The van der Waals surface area contributed by atoms with E-state index in [9.17, 15) is 4.79 Å². The number of hydrogen-bond donors (Lipinski definition) is 0. The number of rotatable bonds is 6. The lowest BCUT2D eigenvalue weighted by Crippen LogP contribution is -2.49. The van der Waals surface area contributed by atoms with Crippen LogP contribution < -0.4 is 0 Å². The molecule has 0 saturated carbocycles. The third-order valence-electron chi connectivity index (χ3n) is 5.77. The smallest absolute Gasteiger partial charge is 0.236 e. The molecule has 25 heavy (non-hydrogen) atoms. The fourth-order valence-electron chi connectivity index (χ4n) is 4.46. The minimum atomic E-state index is 0.261. The van der Waals surface area contributed by atoms with Gasteiger partial charge in [-0.25, -0.2) is 0 Å². The van der Waals surface area contributed by atoms with Crippen LogP contribution in [0.3, 0.4) is 0 Å². The molecular formula is C19H31N3O2S. The Bertz CT molecular complexity index is 553. The first-order valence-electron chi connectivity index (χ1n) is 9.18. The van der Waals surface area contributed by atoms with Crippen molar-refractivity contribution in [3.63, 3.8) is 0 Å². The van der Waals surface area contributed by atoms with E-state index in [1.807, 2.05) is 37.4 Å². The zero-order valence-corrected chi connectivity index (χ0v) is 16.6. The number of methoxy groups -OCH3 is 1. The monoisotopic (exact) mass is 365 g/mol. The molecule has 3 heterocycles. The standard InChI is InChI=1S/C19H31N3O2S/c1-20(2)13-18(23)22-8-6-19(7-9-22)15-21(11-16(19)14-24-3)12-17-5-4-10-25-17/h4-5,10,16H,6-9,11-15H2,1-3H3. The second kappa shape index (κ2) is 8.16. The Morgan fingerprint density at radius 2 is 2.16 bits per heavy atom. The summed E-state index contributed by atoms with van der Waals surface area (Å²) in [5.41, 5.74) is 0.308. The summed E-state index contributed by atoms with van der Waals surface area (Å²) in [7, 11) is 5.72. The molecule has 1 spiro atoms. The van der Waals surface area contributed by atoms with Gasteiger partial charge in [0.2, 0.25) is 5.91 Å². The molecule has 2 aliphatic heterocycles. The van der Waals surface area contributed by atoms with Gasteiger partial charge >= 0.3 is 0 Å². The van der Waals surface area contributed by atoms with Gasteiger partial charge in [0.25, 0.3) is 0 Å². The van der Waals surface area contributed by atoms with Gasteiger partial charge in [-0.05, 0) is 43.8 Å². The van der Waals surface area contributed by atoms with E-state index in [0.717, 1.165) is 52.2 Å². The van der Waals surface area contributed by atoms with E-state index in [4.69, 9.17) is 4.74 Å². The molecule has 0 aliphatic carbocycles. The van der Waals surface area contributed by atoms with Crippen LogP contribution in [0.1, 0.15) is 17.7 Å². The van der Waals surface area contributed by atoms with Gasteiger partial charge in [-0.3, -0.25) is 9.69 Å². The van der Waals surface area contributed by atoms with Crippen LogP contribution in [0.15, 0.2) is 17.5 Å². The summed E-state index contributed by atoms with van der Waals surface area (Å²) in [5, 5.41) is 2.16. The highest BCUT2D eigenvalue weighted by Crippen LogP contribution is 2.45. The second-order valence-corrected chi connectivity index (χ2v) is 8.91. The minimum Gasteiger partial charge on any atom is -0.384 e. The lowest BCUT2D eigenvalue weighted by Gasteiger charge is -2.43. The molecule has 5 nitrogen and oxygen atoms in total. The van der Waals surface area contributed by atoms with Gasteiger partial charge in [0.15, 0.2) is 0 Å². The number of carbonyl (C=O) groups excluding carboxylic acids is 1. The number of thiophene rings is 1. The van der Waals surface area contributed by atoms with Crippen LogP contribution in [0, 0.1) is 11.3 Å². The first-order valence-corrected chi connectivity index (χ1v) is 10.1. The van der Waals surface area contributed by atoms with E-state index in [1.165, 1.54) is 4.88 Å². The number of ether oxygens (including phenoxy) is 1.